The van der Waals surface area contributed by atoms with Gasteiger partial charge in [0.2, 0.25) is 5.95 Å². The van der Waals surface area contributed by atoms with Gasteiger partial charge >= 0.3 is 0 Å². The standard InChI is InChI=1S/C21H25N9/c1-27-8-10-28(11-9-27)16-12-15(13-16)24-21-23-14-19-17(4-6-29(19)26-21)18-2-3-20-22-5-7-30(20)25-18/h2-7,14-16H,8-13H2,1H3,(H,24,26)/t15-,16+. The van der Waals surface area contributed by atoms with Crippen molar-refractivity contribution in [3.05, 3.63) is 43.0 Å². The van der Waals surface area contributed by atoms with E-state index in [0.29, 0.717) is 18.0 Å². The van der Waals surface area contributed by atoms with Crippen LogP contribution < -0.4 is 5.32 Å². The minimum absolute atomic E-state index is 0.451. The summed E-state index contributed by atoms with van der Waals surface area (Å²) in [6, 6.07) is 7.13. The summed E-state index contributed by atoms with van der Waals surface area (Å²) >= 11 is 0. The van der Waals surface area contributed by atoms with E-state index in [-0.39, 0.29) is 0 Å². The molecule has 1 saturated heterocycles. The maximum atomic E-state index is 4.67. The van der Waals surface area contributed by atoms with Gasteiger partial charge in [0.1, 0.15) is 0 Å². The van der Waals surface area contributed by atoms with Gasteiger partial charge in [0.25, 0.3) is 0 Å². The molecule has 4 aromatic rings. The molecule has 0 spiro atoms. The van der Waals surface area contributed by atoms with E-state index in [1.807, 2.05) is 41.3 Å². The van der Waals surface area contributed by atoms with Crippen LogP contribution in [-0.4, -0.2) is 84.3 Å². The van der Waals surface area contributed by atoms with Gasteiger partial charge in [-0.25, -0.2) is 19.0 Å². The molecule has 0 atom stereocenters. The molecule has 5 heterocycles. The highest BCUT2D eigenvalue weighted by Crippen LogP contribution is 2.29. The van der Waals surface area contributed by atoms with Gasteiger partial charge < -0.3 is 10.2 Å². The molecule has 2 aliphatic rings. The molecule has 0 amide bonds. The molecule has 6 rings (SSSR count). The van der Waals surface area contributed by atoms with E-state index < -0.39 is 0 Å². The van der Waals surface area contributed by atoms with Gasteiger partial charge in [-0.3, -0.25) is 4.90 Å². The van der Waals surface area contributed by atoms with E-state index in [9.17, 15) is 0 Å². The largest absolute Gasteiger partial charge is 0.350 e. The molecule has 0 unspecified atom stereocenters. The Morgan fingerprint density at radius 1 is 0.933 bits per heavy atom. The average molecular weight is 403 g/mol. The normalized spacial score (nSPS) is 23.1. The van der Waals surface area contributed by atoms with Gasteiger partial charge in [0, 0.05) is 62.4 Å². The van der Waals surface area contributed by atoms with Crippen LogP contribution in [0.5, 0.6) is 0 Å². The molecule has 30 heavy (non-hydrogen) atoms. The van der Waals surface area contributed by atoms with Crippen molar-refractivity contribution in [2.45, 2.75) is 24.9 Å². The smallest absolute Gasteiger partial charge is 0.241 e. The topological polar surface area (TPSA) is 78.9 Å². The third-order valence-corrected chi connectivity index (χ3v) is 6.45. The van der Waals surface area contributed by atoms with Crippen molar-refractivity contribution in [1.82, 2.24) is 39.0 Å². The molecule has 4 aromatic heterocycles. The van der Waals surface area contributed by atoms with Crippen molar-refractivity contribution in [2.75, 3.05) is 38.5 Å². The minimum Gasteiger partial charge on any atom is -0.350 e. The molecule has 0 aromatic carbocycles. The summed E-state index contributed by atoms with van der Waals surface area (Å²) in [6.07, 6.45) is 9.77. The fourth-order valence-electron chi connectivity index (χ4n) is 4.52. The van der Waals surface area contributed by atoms with E-state index in [4.69, 9.17) is 0 Å². The first kappa shape index (κ1) is 17.8. The second kappa shape index (κ2) is 7.03. The SMILES string of the molecule is CN1CCN([C@H]2C[C@@H](Nc3ncc4c(-c5ccc6nccn6n5)ccn4n3)C2)CC1. The van der Waals surface area contributed by atoms with E-state index in [0.717, 1.165) is 35.3 Å². The lowest BCUT2D eigenvalue weighted by Crippen LogP contribution is -2.55. The van der Waals surface area contributed by atoms with E-state index in [2.05, 4.69) is 42.3 Å². The number of nitrogens with one attached hydrogen (secondary N) is 1. The molecule has 0 bridgehead atoms. The zero-order valence-corrected chi connectivity index (χ0v) is 17.0. The molecule has 154 valence electrons. The van der Waals surface area contributed by atoms with Crippen LogP contribution in [0.2, 0.25) is 0 Å². The monoisotopic (exact) mass is 403 g/mol. The molecule has 1 saturated carbocycles. The Morgan fingerprint density at radius 3 is 2.67 bits per heavy atom. The summed E-state index contributed by atoms with van der Waals surface area (Å²) in [7, 11) is 2.20. The van der Waals surface area contributed by atoms with Crippen LogP contribution in [-0.2, 0) is 0 Å². The van der Waals surface area contributed by atoms with E-state index in [1.165, 1.54) is 26.2 Å². The van der Waals surface area contributed by atoms with Crippen molar-refractivity contribution < 1.29 is 0 Å². The van der Waals surface area contributed by atoms with Gasteiger partial charge in [0.05, 0.1) is 17.4 Å². The minimum atomic E-state index is 0.451. The molecule has 9 heteroatoms. The Balaban J connectivity index is 1.15. The lowest BCUT2D eigenvalue weighted by molar-refractivity contribution is 0.0656. The summed E-state index contributed by atoms with van der Waals surface area (Å²) < 4.78 is 3.66. The number of nitrogens with zero attached hydrogens (tertiary/aromatic N) is 8. The third kappa shape index (κ3) is 3.10. The van der Waals surface area contributed by atoms with Gasteiger partial charge in [-0.15, -0.1) is 5.10 Å². The van der Waals surface area contributed by atoms with Crippen molar-refractivity contribution in [1.29, 1.82) is 0 Å². The molecular formula is C21H25N9. The fraction of sp³-hybridized carbons (Fsp3) is 0.429. The van der Waals surface area contributed by atoms with Crippen LogP contribution in [0.25, 0.3) is 22.4 Å². The second-order valence-corrected chi connectivity index (χ2v) is 8.40. The van der Waals surface area contributed by atoms with E-state index >= 15 is 0 Å². The third-order valence-electron chi connectivity index (χ3n) is 6.45. The average Bonchev–Trinajstić information content (AvgIpc) is 3.37. The van der Waals surface area contributed by atoms with Crippen molar-refractivity contribution in [3.63, 3.8) is 0 Å². The first-order chi connectivity index (χ1) is 14.7. The van der Waals surface area contributed by atoms with Gasteiger partial charge in [-0.05, 0) is 38.1 Å². The molecule has 1 N–H and O–H groups in total. The maximum absolute atomic E-state index is 4.67. The highest BCUT2D eigenvalue weighted by molar-refractivity contribution is 5.78. The van der Waals surface area contributed by atoms with E-state index in [1.54, 1.807) is 10.7 Å². The first-order valence-corrected chi connectivity index (χ1v) is 10.6. The molecule has 0 radical (unpaired) electrons. The Labute approximate surface area is 174 Å². The number of hydrogen-bond acceptors (Lipinski definition) is 7. The zero-order valence-electron chi connectivity index (χ0n) is 17.0. The number of likely N-dealkylation sites (N-methyl/N-ethyl adjacent to an activating group) is 1. The van der Waals surface area contributed by atoms with Gasteiger partial charge in [-0.2, -0.15) is 5.10 Å². The van der Waals surface area contributed by atoms with Crippen LogP contribution in [0.15, 0.2) is 43.0 Å². The summed E-state index contributed by atoms with van der Waals surface area (Å²) in [5, 5.41) is 12.8. The number of aromatic nitrogens is 6. The van der Waals surface area contributed by atoms with Crippen molar-refractivity contribution >= 4 is 17.1 Å². The molecule has 1 aliphatic heterocycles. The van der Waals surface area contributed by atoms with Crippen LogP contribution in [0.3, 0.4) is 0 Å². The molecular weight excluding hydrogens is 378 g/mol. The second-order valence-electron chi connectivity index (χ2n) is 8.40. The number of imidazole rings is 1. The van der Waals surface area contributed by atoms with Gasteiger partial charge in [0.15, 0.2) is 5.65 Å². The van der Waals surface area contributed by atoms with Crippen LogP contribution in [0.1, 0.15) is 12.8 Å². The number of rotatable bonds is 4. The quantitative estimate of drug-likeness (QED) is 0.555. The predicted octanol–water partition coefficient (Wildman–Crippen LogP) is 1.63. The lowest BCUT2D eigenvalue weighted by atomic mass is 9.85. The van der Waals surface area contributed by atoms with Crippen LogP contribution in [0, 0.1) is 0 Å². The summed E-state index contributed by atoms with van der Waals surface area (Å²) in [6.45, 7) is 4.71. The summed E-state index contributed by atoms with van der Waals surface area (Å²) in [4.78, 5) is 13.9. The number of fused-ring (bicyclic) bond motifs is 2. The first-order valence-electron chi connectivity index (χ1n) is 10.6. The molecule has 2 fully saturated rings. The molecule has 9 nitrogen and oxygen atoms in total. The number of piperazine rings is 1. The van der Waals surface area contributed by atoms with Crippen molar-refractivity contribution in [2.24, 2.45) is 0 Å². The Kier molecular flexibility index (Phi) is 4.17. The zero-order chi connectivity index (χ0) is 20.1. The van der Waals surface area contributed by atoms with Gasteiger partial charge in [-0.1, -0.05) is 0 Å². The number of hydrogen-bond donors (Lipinski definition) is 1. The highest BCUT2D eigenvalue weighted by atomic mass is 15.3. The predicted molar refractivity (Wildman–Crippen MR) is 114 cm³/mol. The Bertz CT molecular complexity index is 1180. The lowest BCUT2D eigenvalue weighted by Gasteiger charge is -2.46. The number of anilines is 1. The fourth-order valence-corrected chi connectivity index (χ4v) is 4.52. The Morgan fingerprint density at radius 2 is 1.80 bits per heavy atom. The highest BCUT2D eigenvalue weighted by Gasteiger charge is 2.35. The summed E-state index contributed by atoms with van der Waals surface area (Å²) in [5.41, 5.74) is 3.66. The van der Waals surface area contributed by atoms with Crippen molar-refractivity contribution in [3.8, 4) is 11.3 Å². The Hall–Kier alpha value is -3.04. The van der Waals surface area contributed by atoms with Crippen LogP contribution >= 0.6 is 0 Å². The maximum Gasteiger partial charge on any atom is 0.241 e. The molecule has 1 aliphatic carbocycles. The van der Waals surface area contributed by atoms with Crippen LogP contribution in [0.4, 0.5) is 5.95 Å². The summed E-state index contributed by atoms with van der Waals surface area (Å²) in [5.74, 6) is 0.685.